The summed E-state index contributed by atoms with van der Waals surface area (Å²) >= 11 is 2.35. The zero-order valence-electron chi connectivity index (χ0n) is 20.9. The summed E-state index contributed by atoms with van der Waals surface area (Å²) in [5, 5.41) is 1.03. The molecule has 0 spiro atoms. The van der Waals surface area contributed by atoms with Crippen molar-refractivity contribution in [1.82, 2.24) is 14.5 Å². The number of halogens is 1. The quantitative estimate of drug-likeness (QED) is 0.179. The molecule has 0 N–H and O–H groups in total. The molecule has 0 atom stereocenters. The first-order valence-corrected chi connectivity index (χ1v) is 13.4. The van der Waals surface area contributed by atoms with Crippen molar-refractivity contribution in [2.24, 2.45) is 23.2 Å². The van der Waals surface area contributed by atoms with E-state index in [0.29, 0.717) is 11.3 Å². The van der Waals surface area contributed by atoms with Crippen molar-refractivity contribution in [2.75, 3.05) is 7.11 Å². The third-order valence-corrected chi connectivity index (χ3v) is 8.32. The maximum absolute atomic E-state index is 5.40. The van der Waals surface area contributed by atoms with Crippen LogP contribution in [-0.2, 0) is 6.54 Å². The largest absolute Gasteiger partial charge is 0.480 e. The van der Waals surface area contributed by atoms with Crippen molar-refractivity contribution < 1.29 is 4.74 Å². The molecule has 4 nitrogen and oxygen atoms in total. The Morgan fingerprint density at radius 2 is 1.42 bits per heavy atom. The Morgan fingerprint density at radius 3 is 1.97 bits per heavy atom. The minimum absolute atomic E-state index is 0.489. The van der Waals surface area contributed by atoms with Crippen LogP contribution in [0.1, 0.15) is 92.9 Å². The van der Waals surface area contributed by atoms with E-state index in [-0.39, 0.29) is 0 Å². The topological polar surface area (TPSA) is 39.9 Å². The molecule has 0 fully saturated rings. The fourth-order valence-electron chi connectivity index (χ4n) is 5.84. The summed E-state index contributed by atoms with van der Waals surface area (Å²) in [4.78, 5) is 8.72. The molecule has 31 heavy (non-hydrogen) atoms. The van der Waals surface area contributed by atoms with E-state index in [9.17, 15) is 0 Å². The van der Waals surface area contributed by atoms with Crippen LogP contribution < -0.4 is 4.74 Å². The monoisotopic (exact) mass is 541 g/mol. The number of fused-ring (bicyclic) bond motifs is 1. The molecule has 176 valence electrons. The molecular weight excluding hydrogens is 497 g/mol. The average molecular weight is 542 g/mol. The van der Waals surface area contributed by atoms with Crippen molar-refractivity contribution in [3.8, 4) is 5.88 Å². The fourth-order valence-corrected chi connectivity index (χ4v) is 6.65. The lowest BCUT2D eigenvalue weighted by atomic mass is 9.60. The number of aromatic nitrogens is 3. The van der Waals surface area contributed by atoms with Gasteiger partial charge in [0.15, 0.2) is 0 Å². The first kappa shape index (κ1) is 26.4. The van der Waals surface area contributed by atoms with Gasteiger partial charge >= 0.3 is 0 Å². The van der Waals surface area contributed by atoms with Gasteiger partial charge in [0, 0.05) is 16.3 Å². The summed E-state index contributed by atoms with van der Waals surface area (Å²) in [7, 11) is 1.67. The van der Waals surface area contributed by atoms with Crippen LogP contribution in [0, 0.1) is 26.7 Å². The Labute approximate surface area is 204 Å². The number of hydrogen-bond donors (Lipinski definition) is 0. The highest BCUT2D eigenvalue weighted by atomic mass is 127. The van der Waals surface area contributed by atoms with E-state index in [0.717, 1.165) is 38.9 Å². The number of nitrogens with zero attached hydrogens (tertiary/aromatic N) is 3. The predicted octanol–water partition coefficient (Wildman–Crippen LogP) is 8.12. The van der Waals surface area contributed by atoms with Crippen LogP contribution in [0.3, 0.4) is 0 Å². The number of methoxy groups -OCH3 is 1. The molecule has 5 heteroatoms. The van der Waals surface area contributed by atoms with E-state index < -0.39 is 0 Å². The Morgan fingerprint density at radius 1 is 0.871 bits per heavy atom. The highest BCUT2D eigenvalue weighted by molar-refractivity contribution is 14.1. The molecule has 0 bridgehead atoms. The van der Waals surface area contributed by atoms with Gasteiger partial charge in [-0.25, -0.2) is 9.97 Å². The number of rotatable bonds is 14. The van der Waals surface area contributed by atoms with Crippen molar-refractivity contribution in [1.29, 1.82) is 0 Å². The third-order valence-electron chi connectivity index (χ3n) is 7.50. The van der Waals surface area contributed by atoms with Gasteiger partial charge in [-0.05, 0) is 58.6 Å². The van der Waals surface area contributed by atoms with Crippen molar-refractivity contribution in [3.63, 3.8) is 0 Å². The summed E-state index contributed by atoms with van der Waals surface area (Å²) in [6.07, 6.45) is 14.5. The molecule has 0 unspecified atom stereocenters. The molecule has 2 rings (SSSR count). The van der Waals surface area contributed by atoms with Crippen LogP contribution in [0.4, 0.5) is 0 Å². The van der Waals surface area contributed by atoms with Gasteiger partial charge in [0.2, 0.25) is 5.88 Å². The van der Waals surface area contributed by atoms with Gasteiger partial charge in [-0.15, -0.1) is 0 Å². The van der Waals surface area contributed by atoms with Crippen molar-refractivity contribution in [3.05, 3.63) is 16.1 Å². The molecule has 0 saturated heterocycles. The zero-order valence-corrected chi connectivity index (χ0v) is 23.0. The van der Waals surface area contributed by atoms with Crippen LogP contribution in [0.25, 0.3) is 11.0 Å². The second-order valence-electron chi connectivity index (χ2n) is 10.1. The number of unbranched alkanes of at least 4 members (excludes halogenated alkanes) is 6. The smallest absolute Gasteiger partial charge is 0.226 e. The predicted molar refractivity (Wildman–Crippen MR) is 141 cm³/mol. The standard InChI is InChI=1S/C26H44IN3O/c1-19(2)26(20(3)4,21(5)6)15-13-11-9-8-10-12-14-16-30-17-22(27)23-24(30)28-18-29-25(23)31-7/h17-21H,8-16H2,1-7H3. The molecule has 0 aliphatic heterocycles. The Kier molecular flexibility index (Phi) is 10.6. The molecule has 0 amide bonds. The first-order chi connectivity index (χ1) is 14.8. The Bertz CT molecular complexity index is 776. The lowest BCUT2D eigenvalue weighted by molar-refractivity contribution is 0.0356. The van der Waals surface area contributed by atoms with E-state index in [2.05, 4.69) is 84.9 Å². The van der Waals surface area contributed by atoms with Gasteiger partial charge in [0.1, 0.15) is 12.0 Å². The van der Waals surface area contributed by atoms with Crippen LogP contribution in [0.15, 0.2) is 12.5 Å². The summed E-state index contributed by atoms with van der Waals surface area (Å²) < 4.78 is 8.81. The van der Waals surface area contributed by atoms with Crippen molar-refractivity contribution >= 4 is 33.6 Å². The van der Waals surface area contributed by atoms with E-state index >= 15 is 0 Å². The molecule has 0 saturated carbocycles. The average Bonchev–Trinajstić information content (AvgIpc) is 3.04. The van der Waals surface area contributed by atoms with Gasteiger partial charge < -0.3 is 9.30 Å². The van der Waals surface area contributed by atoms with Gasteiger partial charge in [0.25, 0.3) is 0 Å². The van der Waals surface area contributed by atoms with Crippen LogP contribution >= 0.6 is 22.6 Å². The van der Waals surface area contributed by atoms with E-state index in [1.807, 2.05) is 0 Å². The minimum atomic E-state index is 0.489. The fraction of sp³-hybridized carbons (Fsp3) is 0.769. The highest BCUT2D eigenvalue weighted by Crippen LogP contribution is 2.47. The van der Waals surface area contributed by atoms with Gasteiger partial charge in [0.05, 0.1) is 12.5 Å². The van der Waals surface area contributed by atoms with Gasteiger partial charge in [-0.2, -0.15) is 0 Å². The van der Waals surface area contributed by atoms with Gasteiger partial charge in [-0.3, -0.25) is 0 Å². The summed E-state index contributed by atoms with van der Waals surface area (Å²) in [6.45, 7) is 15.6. The maximum Gasteiger partial charge on any atom is 0.226 e. The molecule has 2 aromatic heterocycles. The third kappa shape index (κ3) is 6.35. The summed E-state index contributed by atoms with van der Waals surface area (Å²) in [5.74, 6) is 2.94. The second-order valence-corrected chi connectivity index (χ2v) is 11.2. The van der Waals surface area contributed by atoms with Gasteiger partial charge in [-0.1, -0.05) is 80.1 Å². The summed E-state index contributed by atoms with van der Waals surface area (Å²) in [6, 6.07) is 0. The molecule has 0 aromatic carbocycles. The highest BCUT2D eigenvalue weighted by Gasteiger charge is 2.39. The molecular formula is C26H44IN3O. The SMILES string of the molecule is COc1ncnc2c1c(I)cn2CCCCCCCCCC(C(C)C)(C(C)C)C(C)C. The van der Waals surface area contributed by atoms with Crippen LogP contribution in [0.5, 0.6) is 5.88 Å². The molecule has 0 aliphatic carbocycles. The number of aryl methyl sites for hydroxylation is 1. The Balaban J connectivity index is 1.69. The summed E-state index contributed by atoms with van der Waals surface area (Å²) in [5.41, 5.74) is 1.48. The van der Waals surface area contributed by atoms with Crippen LogP contribution in [-0.4, -0.2) is 21.6 Å². The molecule has 2 heterocycles. The number of hydrogen-bond acceptors (Lipinski definition) is 3. The van der Waals surface area contributed by atoms with E-state index in [1.165, 1.54) is 51.4 Å². The first-order valence-electron chi connectivity index (χ1n) is 12.3. The van der Waals surface area contributed by atoms with Crippen LogP contribution in [0.2, 0.25) is 0 Å². The van der Waals surface area contributed by atoms with Crippen molar-refractivity contribution in [2.45, 2.75) is 99.5 Å². The lowest BCUT2D eigenvalue weighted by Gasteiger charge is -2.45. The lowest BCUT2D eigenvalue weighted by Crippen LogP contribution is -2.38. The normalized spacial score (nSPS) is 12.6. The molecule has 0 aliphatic rings. The second kappa shape index (κ2) is 12.4. The minimum Gasteiger partial charge on any atom is -0.480 e. The molecule has 2 aromatic rings. The van der Waals surface area contributed by atoms with E-state index in [4.69, 9.17) is 4.74 Å². The van der Waals surface area contributed by atoms with E-state index in [1.54, 1.807) is 13.4 Å². The molecule has 0 radical (unpaired) electrons. The zero-order chi connectivity index (χ0) is 23.0. The maximum atomic E-state index is 5.40. The Hall–Kier alpha value is -0.850. The number of ether oxygens (including phenoxy) is 1.